The van der Waals surface area contributed by atoms with Crippen molar-refractivity contribution in [2.24, 2.45) is 0 Å². The van der Waals surface area contributed by atoms with Crippen molar-refractivity contribution in [1.82, 2.24) is 20.3 Å². The number of aromatic nitrogens is 3. The van der Waals surface area contributed by atoms with Crippen LogP contribution in [0.2, 0.25) is 0 Å². The van der Waals surface area contributed by atoms with Crippen molar-refractivity contribution in [2.75, 3.05) is 19.6 Å². The van der Waals surface area contributed by atoms with Gasteiger partial charge in [0.1, 0.15) is 5.69 Å². The van der Waals surface area contributed by atoms with Crippen LogP contribution < -0.4 is 0 Å². The molecule has 4 heteroatoms. The Balaban J connectivity index is 2.02. The van der Waals surface area contributed by atoms with E-state index in [-0.39, 0.29) is 0 Å². The Morgan fingerprint density at radius 3 is 2.35 bits per heavy atom. The van der Waals surface area contributed by atoms with Crippen molar-refractivity contribution in [3.63, 3.8) is 0 Å². The molecule has 1 aromatic heterocycles. The van der Waals surface area contributed by atoms with Gasteiger partial charge in [-0.15, -0.1) is 5.10 Å². The Labute approximate surface area is 140 Å². The van der Waals surface area contributed by atoms with E-state index in [1.54, 1.807) is 0 Å². The number of rotatable bonds is 10. The summed E-state index contributed by atoms with van der Waals surface area (Å²) in [4.78, 5) is 2.58. The molecule has 0 atom stereocenters. The molecule has 0 saturated heterocycles. The van der Waals surface area contributed by atoms with Gasteiger partial charge in [-0.25, -0.2) is 0 Å². The lowest BCUT2D eigenvalue weighted by molar-refractivity contribution is 0.267. The molecular weight excluding hydrogens is 284 g/mol. The highest BCUT2D eigenvalue weighted by molar-refractivity contribution is 5.65. The van der Waals surface area contributed by atoms with Gasteiger partial charge in [-0.1, -0.05) is 56.2 Å². The van der Waals surface area contributed by atoms with Gasteiger partial charge < -0.3 is 4.90 Å². The van der Waals surface area contributed by atoms with Crippen LogP contribution in [0.5, 0.6) is 0 Å². The Bertz CT molecular complexity index is 568. The molecule has 0 radical (unpaired) electrons. The second kappa shape index (κ2) is 9.46. The van der Waals surface area contributed by atoms with Crippen LogP contribution in [0.25, 0.3) is 11.3 Å². The predicted molar refractivity (Wildman–Crippen MR) is 96.5 cm³/mol. The van der Waals surface area contributed by atoms with Crippen molar-refractivity contribution in [3.05, 3.63) is 35.5 Å². The maximum Gasteiger partial charge on any atom is 0.116 e. The summed E-state index contributed by atoms with van der Waals surface area (Å²) in [5.74, 6) is 0. The van der Waals surface area contributed by atoms with E-state index in [1.807, 2.05) is 0 Å². The molecule has 1 aromatic carbocycles. The molecule has 0 aliphatic carbocycles. The third-order valence-electron chi connectivity index (χ3n) is 4.35. The molecule has 1 heterocycles. The summed E-state index contributed by atoms with van der Waals surface area (Å²) < 4.78 is 0. The molecule has 23 heavy (non-hydrogen) atoms. The number of nitrogens with one attached hydrogen (secondary N) is 1. The quantitative estimate of drug-likeness (QED) is 0.714. The lowest BCUT2D eigenvalue weighted by Gasteiger charge is -2.21. The van der Waals surface area contributed by atoms with Crippen LogP contribution in [-0.4, -0.2) is 39.9 Å². The van der Waals surface area contributed by atoms with Crippen molar-refractivity contribution in [2.45, 2.75) is 52.9 Å². The minimum atomic E-state index is 0.976. The molecule has 0 aliphatic rings. The van der Waals surface area contributed by atoms with Crippen molar-refractivity contribution in [1.29, 1.82) is 0 Å². The van der Waals surface area contributed by atoms with Crippen LogP contribution in [0, 0.1) is 6.92 Å². The Morgan fingerprint density at radius 1 is 1.00 bits per heavy atom. The zero-order valence-corrected chi connectivity index (χ0v) is 14.8. The van der Waals surface area contributed by atoms with Gasteiger partial charge >= 0.3 is 0 Å². The molecular formula is C19H30N4. The van der Waals surface area contributed by atoms with Gasteiger partial charge in [0.05, 0.1) is 5.69 Å². The molecule has 2 rings (SSSR count). The predicted octanol–water partition coefficient (Wildman–Crippen LogP) is 4.22. The Kier molecular flexibility index (Phi) is 7.27. The summed E-state index contributed by atoms with van der Waals surface area (Å²) >= 11 is 0. The average molecular weight is 314 g/mol. The highest BCUT2D eigenvalue weighted by Gasteiger charge is 2.13. The van der Waals surface area contributed by atoms with E-state index < -0.39 is 0 Å². The lowest BCUT2D eigenvalue weighted by atomic mass is 10.0. The van der Waals surface area contributed by atoms with Gasteiger partial charge in [-0.05, 0) is 38.4 Å². The van der Waals surface area contributed by atoms with Gasteiger partial charge in [0.2, 0.25) is 0 Å². The van der Waals surface area contributed by atoms with E-state index in [2.05, 4.69) is 65.3 Å². The monoisotopic (exact) mass is 314 g/mol. The molecule has 0 fully saturated rings. The van der Waals surface area contributed by atoms with Crippen molar-refractivity contribution >= 4 is 0 Å². The fourth-order valence-electron chi connectivity index (χ4n) is 2.85. The average Bonchev–Trinajstić information content (AvgIpc) is 3.03. The topological polar surface area (TPSA) is 44.8 Å². The third-order valence-corrected chi connectivity index (χ3v) is 4.35. The molecule has 0 unspecified atom stereocenters. The number of unbranched alkanes of at least 4 members (excludes halogenated alkanes) is 2. The molecule has 0 amide bonds. The van der Waals surface area contributed by atoms with Gasteiger partial charge in [0.15, 0.2) is 0 Å². The molecule has 0 spiro atoms. The molecule has 0 aliphatic heterocycles. The van der Waals surface area contributed by atoms with Crippen LogP contribution in [0.3, 0.4) is 0 Å². The number of aryl methyl sites for hydroxylation is 1. The van der Waals surface area contributed by atoms with E-state index in [4.69, 9.17) is 0 Å². The number of benzene rings is 1. The maximum absolute atomic E-state index is 4.33. The Morgan fingerprint density at radius 2 is 1.70 bits per heavy atom. The highest BCUT2D eigenvalue weighted by Crippen LogP contribution is 2.23. The van der Waals surface area contributed by atoms with Crippen LogP contribution in [0.15, 0.2) is 24.3 Å². The maximum atomic E-state index is 4.33. The number of hydrogen-bond acceptors (Lipinski definition) is 3. The van der Waals surface area contributed by atoms with Crippen molar-refractivity contribution < 1.29 is 0 Å². The van der Waals surface area contributed by atoms with Crippen LogP contribution in [0.1, 0.15) is 50.8 Å². The minimum Gasteiger partial charge on any atom is -0.303 e. The number of nitrogens with zero attached hydrogens (tertiary/aromatic N) is 3. The van der Waals surface area contributed by atoms with Gasteiger partial charge in [-0.3, -0.25) is 5.10 Å². The van der Waals surface area contributed by atoms with Crippen molar-refractivity contribution in [3.8, 4) is 11.3 Å². The van der Waals surface area contributed by atoms with Gasteiger partial charge in [-0.2, -0.15) is 0 Å². The van der Waals surface area contributed by atoms with Crippen LogP contribution in [0.4, 0.5) is 0 Å². The molecule has 1 N–H and O–H groups in total. The molecule has 0 saturated carbocycles. The van der Waals surface area contributed by atoms with E-state index in [0.717, 1.165) is 24.4 Å². The SMILES string of the molecule is CCCCN(CCCC)CCc1[nH]nnc1-c1ccccc1C. The highest BCUT2D eigenvalue weighted by atomic mass is 15.3. The molecule has 126 valence electrons. The first-order chi connectivity index (χ1) is 11.3. The second-order valence-electron chi connectivity index (χ2n) is 6.25. The van der Waals surface area contributed by atoms with Crippen LogP contribution >= 0.6 is 0 Å². The fraction of sp³-hybridized carbons (Fsp3) is 0.579. The normalized spacial score (nSPS) is 11.3. The number of aromatic amines is 1. The molecule has 4 nitrogen and oxygen atoms in total. The Hall–Kier alpha value is -1.68. The summed E-state index contributed by atoms with van der Waals surface area (Å²) in [5.41, 5.74) is 4.59. The summed E-state index contributed by atoms with van der Waals surface area (Å²) in [5, 5.41) is 11.5. The fourth-order valence-corrected chi connectivity index (χ4v) is 2.85. The number of hydrogen-bond donors (Lipinski definition) is 1. The summed E-state index contributed by atoms with van der Waals surface area (Å²) in [6.45, 7) is 10.1. The third kappa shape index (κ3) is 5.17. The molecule has 2 aromatic rings. The number of H-pyrrole nitrogens is 1. The van der Waals surface area contributed by atoms with E-state index in [1.165, 1.54) is 49.9 Å². The molecule has 0 bridgehead atoms. The van der Waals surface area contributed by atoms with Crippen LogP contribution in [-0.2, 0) is 6.42 Å². The zero-order chi connectivity index (χ0) is 16.5. The largest absolute Gasteiger partial charge is 0.303 e. The summed E-state index contributed by atoms with van der Waals surface area (Å²) in [6, 6.07) is 8.39. The van der Waals surface area contributed by atoms with Gasteiger partial charge in [0, 0.05) is 18.5 Å². The standard InChI is InChI=1S/C19H30N4/c1-4-6-13-23(14-7-5-2)15-12-18-19(21-22-20-18)17-11-9-8-10-16(17)3/h8-11H,4-7,12-15H2,1-3H3,(H,20,21,22). The smallest absolute Gasteiger partial charge is 0.116 e. The van der Waals surface area contributed by atoms with Gasteiger partial charge in [0.25, 0.3) is 0 Å². The first kappa shape index (κ1) is 17.7. The second-order valence-corrected chi connectivity index (χ2v) is 6.25. The van der Waals surface area contributed by atoms with E-state index in [0.29, 0.717) is 0 Å². The minimum absolute atomic E-state index is 0.976. The first-order valence-electron chi connectivity index (χ1n) is 8.94. The summed E-state index contributed by atoms with van der Waals surface area (Å²) in [7, 11) is 0. The first-order valence-corrected chi connectivity index (χ1v) is 8.94. The summed E-state index contributed by atoms with van der Waals surface area (Å²) in [6.07, 6.45) is 6.03. The van der Waals surface area contributed by atoms with E-state index >= 15 is 0 Å². The lowest BCUT2D eigenvalue weighted by Crippen LogP contribution is -2.28. The zero-order valence-electron chi connectivity index (χ0n) is 14.8. The van der Waals surface area contributed by atoms with E-state index in [9.17, 15) is 0 Å².